The number of anilines is 2. The smallest absolute Gasteiger partial charge is 0.271 e. The highest BCUT2D eigenvalue weighted by Gasteiger charge is 2.15. The van der Waals surface area contributed by atoms with Gasteiger partial charge in [-0.3, -0.25) is 14.2 Å². The number of para-hydroxylation sites is 1. The molecule has 0 bridgehead atoms. The molecule has 35 heavy (non-hydrogen) atoms. The van der Waals surface area contributed by atoms with Crippen LogP contribution >= 0.6 is 0 Å². The maximum Gasteiger partial charge on any atom is 0.271 e. The summed E-state index contributed by atoms with van der Waals surface area (Å²) in [7, 11) is 2.02. The van der Waals surface area contributed by atoms with E-state index in [1.54, 1.807) is 29.0 Å². The van der Waals surface area contributed by atoms with Gasteiger partial charge in [0, 0.05) is 37.0 Å². The number of amides is 1. The average molecular weight is 466 g/mol. The van der Waals surface area contributed by atoms with Crippen LogP contribution in [-0.2, 0) is 13.0 Å². The number of benzene rings is 3. The Morgan fingerprint density at radius 1 is 1.00 bits per heavy atom. The maximum atomic E-state index is 12.9. The van der Waals surface area contributed by atoms with Crippen LogP contribution in [0.5, 0.6) is 0 Å². The molecule has 176 valence electrons. The van der Waals surface area contributed by atoms with Crippen molar-refractivity contribution in [2.45, 2.75) is 32.2 Å². The molecule has 0 spiro atoms. The van der Waals surface area contributed by atoms with Crippen molar-refractivity contribution < 1.29 is 4.79 Å². The van der Waals surface area contributed by atoms with Crippen LogP contribution in [-0.4, -0.2) is 28.7 Å². The van der Waals surface area contributed by atoms with Crippen LogP contribution in [0.2, 0.25) is 0 Å². The summed E-state index contributed by atoms with van der Waals surface area (Å²) in [5, 5.41) is 4.64. The van der Waals surface area contributed by atoms with Gasteiger partial charge >= 0.3 is 0 Å². The Kier molecular flexibility index (Phi) is 6.39. The number of hydrazone groups is 1. The number of nitrogens with zero attached hydrogens (tertiary/aromatic N) is 4. The van der Waals surface area contributed by atoms with Crippen molar-refractivity contribution in [3.8, 4) is 0 Å². The lowest BCUT2D eigenvalue weighted by Crippen LogP contribution is -2.25. The Labute approximate surface area is 203 Å². The van der Waals surface area contributed by atoms with Crippen LogP contribution < -0.4 is 15.9 Å². The molecule has 1 aliphatic rings. The molecule has 1 N–H and O–H groups in total. The van der Waals surface area contributed by atoms with Crippen molar-refractivity contribution in [2.75, 3.05) is 11.9 Å². The lowest BCUT2D eigenvalue weighted by molar-refractivity contribution is 0.0955. The lowest BCUT2D eigenvalue weighted by atomic mass is 10.1. The largest absolute Gasteiger partial charge is 0.345 e. The summed E-state index contributed by atoms with van der Waals surface area (Å²) in [5.41, 5.74) is 6.53. The first-order valence-corrected chi connectivity index (χ1v) is 11.9. The minimum Gasteiger partial charge on any atom is -0.345 e. The number of carbonyl (C=O) groups excluding carboxylic acids is 1. The van der Waals surface area contributed by atoms with Crippen LogP contribution in [0.3, 0.4) is 0 Å². The second kappa shape index (κ2) is 9.93. The number of nitrogens with one attached hydrogen (secondary N) is 1. The molecule has 1 amide bonds. The van der Waals surface area contributed by atoms with E-state index in [1.807, 2.05) is 49.5 Å². The van der Waals surface area contributed by atoms with Gasteiger partial charge in [0.15, 0.2) is 0 Å². The standard InChI is InChI=1S/C28H27N5O2/c1-32(22-8-4-2-5-9-22)23-14-11-20(12-15-23)19-29-31-27(34)21-13-16-24-25(18-21)30-26-10-6-3-7-17-33(26)28(24)35/h2,4-5,8-9,11-16,18-19H,3,6-7,10,17H2,1H3,(H,31,34)/b29-19-. The predicted molar refractivity (Wildman–Crippen MR) is 140 cm³/mol. The monoisotopic (exact) mass is 465 g/mol. The number of fused-ring (bicyclic) bond motifs is 2. The zero-order chi connectivity index (χ0) is 24.2. The van der Waals surface area contributed by atoms with Gasteiger partial charge in [0.1, 0.15) is 5.82 Å². The first kappa shape index (κ1) is 22.5. The molecule has 0 aliphatic carbocycles. The average Bonchev–Trinajstić information content (AvgIpc) is 3.15. The first-order valence-electron chi connectivity index (χ1n) is 11.9. The Hall–Kier alpha value is -4.26. The fourth-order valence-corrected chi connectivity index (χ4v) is 4.37. The third-order valence-electron chi connectivity index (χ3n) is 6.38. The Morgan fingerprint density at radius 3 is 2.57 bits per heavy atom. The number of hydrogen-bond acceptors (Lipinski definition) is 5. The molecule has 0 radical (unpaired) electrons. The summed E-state index contributed by atoms with van der Waals surface area (Å²) >= 11 is 0. The van der Waals surface area contributed by atoms with Crippen LogP contribution in [0.4, 0.5) is 11.4 Å². The summed E-state index contributed by atoms with van der Waals surface area (Å²) in [5.74, 6) is 0.456. The van der Waals surface area contributed by atoms with E-state index in [-0.39, 0.29) is 11.5 Å². The molecular formula is C28H27N5O2. The number of carbonyl (C=O) groups is 1. The number of hydrogen-bond donors (Lipinski definition) is 1. The van der Waals surface area contributed by atoms with Gasteiger partial charge in [0.25, 0.3) is 11.5 Å². The summed E-state index contributed by atoms with van der Waals surface area (Å²) in [4.78, 5) is 32.3. The van der Waals surface area contributed by atoms with Crippen LogP contribution in [0.1, 0.15) is 41.0 Å². The first-order chi connectivity index (χ1) is 17.1. The molecular weight excluding hydrogens is 438 g/mol. The Balaban J connectivity index is 1.28. The lowest BCUT2D eigenvalue weighted by Gasteiger charge is -2.19. The van der Waals surface area contributed by atoms with Gasteiger partial charge in [-0.2, -0.15) is 5.10 Å². The van der Waals surface area contributed by atoms with Gasteiger partial charge in [-0.25, -0.2) is 10.4 Å². The third-order valence-corrected chi connectivity index (χ3v) is 6.38. The van der Waals surface area contributed by atoms with Crippen LogP contribution in [0.15, 0.2) is 82.7 Å². The van der Waals surface area contributed by atoms with Crippen molar-refractivity contribution in [1.29, 1.82) is 0 Å². The summed E-state index contributed by atoms with van der Waals surface area (Å²) < 4.78 is 1.78. The molecule has 0 fully saturated rings. The number of aryl methyl sites for hydroxylation is 1. The van der Waals surface area contributed by atoms with Crippen molar-refractivity contribution in [3.05, 3.63) is 100 Å². The van der Waals surface area contributed by atoms with E-state index in [9.17, 15) is 9.59 Å². The number of rotatable bonds is 5. The summed E-state index contributed by atoms with van der Waals surface area (Å²) in [6, 6.07) is 23.0. The van der Waals surface area contributed by atoms with Crippen LogP contribution in [0, 0.1) is 0 Å². The molecule has 2 heterocycles. The Bertz CT molecular complexity index is 1440. The molecule has 4 aromatic rings. The maximum absolute atomic E-state index is 12.9. The second-order valence-corrected chi connectivity index (χ2v) is 8.71. The summed E-state index contributed by atoms with van der Waals surface area (Å²) in [6.07, 6.45) is 5.50. The minimum atomic E-state index is -0.347. The summed E-state index contributed by atoms with van der Waals surface area (Å²) in [6.45, 7) is 0.706. The van der Waals surface area contributed by atoms with Gasteiger partial charge in [0.2, 0.25) is 0 Å². The molecule has 7 heteroatoms. The van der Waals surface area contributed by atoms with Gasteiger partial charge < -0.3 is 4.90 Å². The zero-order valence-electron chi connectivity index (χ0n) is 19.6. The van der Waals surface area contributed by atoms with Crippen molar-refractivity contribution in [1.82, 2.24) is 15.0 Å². The Morgan fingerprint density at radius 2 is 1.77 bits per heavy atom. The molecule has 0 unspecified atom stereocenters. The highest BCUT2D eigenvalue weighted by Crippen LogP contribution is 2.23. The van der Waals surface area contributed by atoms with E-state index in [0.29, 0.717) is 23.0 Å². The van der Waals surface area contributed by atoms with E-state index >= 15 is 0 Å². The molecule has 1 aliphatic heterocycles. The fraction of sp³-hybridized carbons (Fsp3) is 0.214. The quantitative estimate of drug-likeness (QED) is 0.344. The second-order valence-electron chi connectivity index (χ2n) is 8.71. The van der Waals surface area contributed by atoms with Gasteiger partial charge in [-0.05, 0) is 60.9 Å². The van der Waals surface area contributed by atoms with Gasteiger partial charge in [0.05, 0.1) is 17.1 Å². The molecule has 3 aromatic carbocycles. The van der Waals surface area contributed by atoms with Crippen molar-refractivity contribution in [3.63, 3.8) is 0 Å². The van der Waals surface area contributed by atoms with E-state index in [2.05, 4.69) is 27.6 Å². The van der Waals surface area contributed by atoms with E-state index in [1.165, 1.54) is 0 Å². The van der Waals surface area contributed by atoms with Gasteiger partial charge in [-0.1, -0.05) is 36.8 Å². The molecule has 0 atom stereocenters. The molecule has 0 saturated carbocycles. The van der Waals surface area contributed by atoms with Crippen molar-refractivity contribution in [2.24, 2.45) is 5.10 Å². The molecule has 5 rings (SSSR count). The van der Waals surface area contributed by atoms with E-state index in [4.69, 9.17) is 4.98 Å². The highest BCUT2D eigenvalue weighted by molar-refractivity contribution is 5.98. The topological polar surface area (TPSA) is 79.6 Å². The van der Waals surface area contributed by atoms with E-state index < -0.39 is 0 Å². The highest BCUT2D eigenvalue weighted by atomic mass is 16.2. The predicted octanol–water partition coefficient (Wildman–Crippen LogP) is 4.65. The third kappa shape index (κ3) is 4.84. The molecule has 1 aromatic heterocycles. The van der Waals surface area contributed by atoms with Crippen LogP contribution in [0.25, 0.3) is 10.9 Å². The van der Waals surface area contributed by atoms with E-state index in [0.717, 1.165) is 48.4 Å². The van der Waals surface area contributed by atoms with Gasteiger partial charge in [-0.15, -0.1) is 0 Å². The van der Waals surface area contributed by atoms with Crippen molar-refractivity contribution >= 4 is 34.4 Å². The normalized spacial score (nSPS) is 13.4. The minimum absolute atomic E-state index is 0.0294. The zero-order valence-corrected chi connectivity index (χ0v) is 19.6. The SMILES string of the molecule is CN(c1ccccc1)c1ccc(/C=N\NC(=O)c2ccc3c(=O)n4c(nc3c2)CCCCC4)cc1. The number of aromatic nitrogens is 2. The molecule has 7 nitrogen and oxygen atoms in total. The molecule has 0 saturated heterocycles. The fourth-order valence-electron chi connectivity index (χ4n) is 4.37.